The molecule has 2 N–H and O–H groups in total. The molecule has 1 aliphatic heterocycles. The fourth-order valence-corrected chi connectivity index (χ4v) is 3.26. The van der Waals surface area contributed by atoms with Crippen LogP contribution in [0.1, 0.15) is 12.5 Å². The molecule has 8 heteroatoms. The number of carbonyl (C=O) groups excluding carboxylic acids is 3. The van der Waals surface area contributed by atoms with Gasteiger partial charge in [-0.2, -0.15) is 0 Å². The van der Waals surface area contributed by atoms with Crippen LogP contribution in [0.5, 0.6) is 5.75 Å². The lowest BCUT2D eigenvalue weighted by Gasteiger charge is -2.14. The van der Waals surface area contributed by atoms with E-state index in [1.807, 2.05) is 0 Å². The molecule has 1 aliphatic rings. The fraction of sp³-hybridized carbons (Fsp3) is 0.136. The predicted octanol–water partition coefficient (Wildman–Crippen LogP) is 3.69. The Hall–Kier alpha value is -3.58. The van der Waals surface area contributed by atoms with Gasteiger partial charge in [-0.05, 0) is 35.9 Å². The number of benzene rings is 2. The van der Waals surface area contributed by atoms with Crippen LogP contribution < -0.4 is 15.4 Å². The number of rotatable bonds is 7. The molecule has 0 atom stereocenters. The van der Waals surface area contributed by atoms with Gasteiger partial charge in [0.2, 0.25) is 5.91 Å². The summed E-state index contributed by atoms with van der Waals surface area (Å²) in [6.07, 6.45) is 1.48. The molecule has 1 heterocycles. The number of imide groups is 1. The number of halogens is 1. The van der Waals surface area contributed by atoms with E-state index in [4.69, 9.17) is 16.3 Å². The Morgan fingerprint density at radius 2 is 1.87 bits per heavy atom. The summed E-state index contributed by atoms with van der Waals surface area (Å²) >= 11 is 6.09. The number of carbonyl (C=O) groups is 3. The van der Waals surface area contributed by atoms with Crippen molar-refractivity contribution in [3.8, 4) is 5.75 Å². The van der Waals surface area contributed by atoms with Gasteiger partial charge in [-0.25, -0.2) is 0 Å². The zero-order valence-electron chi connectivity index (χ0n) is 16.5. The highest BCUT2D eigenvalue weighted by Crippen LogP contribution is 2.34. The van der Waals surface area contributed by atoms with E-state index in [1.54, 1.807) is 42.5 Å². The molecule has 7 nitrogen and oxygen atoms in total. The molecule has 0 aliphatic carbocycles. The maximum Gasteiger partial charge on any atom is 0.278 e. The predicted molar refractivity (Wildman–Crippen MR) is 116 cm³/mol. The van der Waals surface area contributed by atoms with Crippen molar-refractivity contribution in [1.82, 2.24) is 4.90 Å². The summed E-state index contributed by atoms with van der Waals surface area (Å²) < 4.78 is 5.33. The van der Waals surface area contributed by atoms with Gasteiger partial charge in [-0.15, -0.1) is 6.58 Å². The summed E-state index contributed by atoms with van der Waals surface area (Å²) in [5.74, 6) is -0.671. The third-order valence-corrected chi connectivity index (χ3v) is 4.63. The summed E-state index contributed by atoms with van der Waals surface area (Å²) in [6, 6.07) is 11.6. The Bertz CT molecular complexity index is 1060. The highest BCUT2D eigenvalue weighted by Gasteiger charge is 2.38. The molecule has 0 saturated carbocycles. The molecule has 2 aromatic rings. The Balaban J connectivity index is 2.08. The van der Waals surface area contributed by atoms with Crippen molar-refractivity contribution >= 4 is 46.3 Å². The second-order valence-electron chi connectivity index (χ2n) is 6.49. The molecule has 0 aromatic heterocycles. The van der Waals surface area contributed by atoms with E-state index in [-0.39, 0.29) is 23.7 Å². The molecule has 0 fully saturated rings. The third kappa shape index (κ3) is 4.21. The number of hydrogen-bond acceptors (Lipinski definition) is 5. The molecule has 2 aromatic carbocycles. The van der Waals surface area contributed by atoms with Gasteiger partial charge in [0, 0.05) is 24.2 Å². The number of nitrogens with zero attached hydrogens (tertiary/aromatic N) is 1. The second kappa shape index (κ2) is 8.84. The molecule has 3 amide bonds. The quantitative estimate of drug-likeness (QED) is 0.522. The van der Waals surface area contributed by atoms with Crippen molar-refractivity contribution in [2.75, 3.05) is 24.3 Å². The molecule has 0 saturated heterocycles. The Labute approximate surface area is 179 Å². The lowest BCUT2D eigenvalue weighted by Crippen LogP contribution is -2.32. The molecule has 0 unspecified atom stereocenters. The van der Waals surface area contributed by atoms with E-state index in [2.05, 4.69) is 17.2 Å². The van der Waals surface area contributed by atoms with E-state index in [9.17, 15) is 14.4 Å². The van der Waals surface area contributed by atoms with Gasteiger partial charge in [0.25, 0.3) is 11.8 Å². The minimum Gasteiger partial charge on any atom is -0.495 e. The Kier molecular flexibility index (Phi) is 6.23. The normalized spacial score (nSPS) is 13.5. The standard InChI is InChI=1S/C22H20ClN3O4/c1-4-11-26-21(28)19(14-5-8-16(9-6-14)24-13(2)27)20(22(26)29)25-17-12-15(23)7-10-18(17)30-3/h4-10,12,25H,1,11H2,2-3H3,(H,24,27). The van der Waals surface area contributed by atoms with Crippen LogP contribution in [0.3, 0.4) is 0 Å². The number of hydrogen-bond donors (Lipinski definition) is 2. The topological polar surface area (TPSA) is 87.7 Å². The summed E-state index contributed by atoms with van der Waals surface area (Å²) in [4.78, 5) is 38.4. The van der Waals surface area contributed by atoms with Crippen molar-refractivity contribution in [2.45, 2.75) is 6.92 Å². The minimum atomic E-state index is -0.483. The number of nitrogens with one attached hydrogen (secondary N) is 2. The first-order valence-electron chi connectivity index (χ1n) is 9.05. The first-order chi connectivity index (χ1) is 14.3. The second-order valence-corrected chi connectivity index (χ2v) is 6.92. The third-order valence-electron chi connectivity index (χ3n) is 4.39. The van der Waals surface area contributed by atoms with Crippen LogP contribution >= 0.6 is 11.6 Å². The van der Waals surface area contributed by atoms with Gasteiger partial charge in [0.05, 0.1) is 18.4 Å². The number of anilines is 2. The SMILES string of the molecule is C=CCN1C(=O)C(Nc2cc(Cl)ccc2OC)=C(c2ccc(NC(C)=O)cc2)C1=O. The fourth-order valence-electron chi connectivity index (χ4n) is 3.09. The van der Waals surface area contributed by atoms with Crippen molar-refractivity contribution in [3.63, 3.8) is 0 Å². The van der Waals surface area contributed by atoms with E-state index >= 15 is 0 Å². The number of amides is 3. The van der Waals surface area contributed by atoms with E-state index in [1.165, 1.54) is 20.1 Å². The zero-order valence-corrected chi connectivity index (χ0v) is 17.2. The lowest BCUT2D eigenvalue weighted by atomic mass is 10.0. The molecule has 0 radical (unpaired) electrons. The lowest BCUT2D eigenvalue weighted by molar-refractivity contribution is -0.136. The van der Waals surface area contributed by atoms with Gasteiger partial charge in [-0.1, -0.05) is 29.8 Å². The van der Waals surface area contributed by atoms with Crippen molar-refractivity contribution in [3.05, 3.63) is 71.4 Å². The Morgan fingerprint density at radius 1 is 1.17 bits per heavy atom. The van der Waals surface area contributed by atoms with Crippen LogP contribution in [0, 0.1) is 0 Å². The van der Waals surface area contributed by atoms with Crippen LogP contribution in [0.15, 0.2) is 60.8 Å². The van der Waals surface area contributed by atoms with E-state index in [0.29, 0.717) is 27.7 Å². The molecule has 154 valence electrons. The highest BCUT2D eigenvalue weighted by atomic mass is 35.5. The molecular weight excluding hydrogens is 406 g/mol. The summed E-state index contributed by atoms with van der Waals surface area (Å²) in [5.41, 5.74) is 1.87. The largest absolute Gasteiger partial charge is 0.495 e. The highest BCUT2D eigenvalue weighted by molar-refractivity contribution is 6.36. The Morgan fingerprint density at radius 3 is 2.47 bits per heavy atom. The molecule has 0 bridgehead atoms. The first-order valence-corrected chi connectivity index (χ1v) is 9.43. The molecule has 3 rings (SSSR count). The van der Waals surface area contributed by atoms with Crippen molar-refractivity contribution in [1.29, 1.82) is 0 Å². The smallest absolute Gasteiger partial charge is 0.278 e. The van der Waals surface area contributed by atoms with Gasteiger partial charge in [0.1, 0.15) is 11.4 Å². The van der Waals surface area contributed by atoms with E-state index < -0.39 is 11.8 Å². The van der Waals surface area contributed by atoms with Crippen LogP contribution in [0.4, 0.5) is 11.4 Å². The van der Waals surface area contributed by atoms with Gasteiger partial charge in [-0.3, -0.25) is 19.3 Å². The molecule has 30 heavy (non-hydrogen) atoms. The van der Waals surface area contributed by atoms with E-state index in [0.717, 1.165) is 4.90 Å². The maximum atomic E-state index is 13.0. The first kappa shape index (κ1) is 21.1. The van der Waals surface area contributed by atoms with Crippen LogP contribution in [0.25, 0.3) is 5.57 Å². The van der Waals surface area contributed by atoms with Gasteiger partial charge < -0.3 is 15.4 Å². The monoisotopic (exact) mass is 425 g/mol. The summed E-state index contributed by atoms with van der Waals surface area (Å²) in [5, 5.41) is 6.13. The van der Waals surface area contributed by atoms with Crippen LogP contribution in [0.2, 0.25) is 5.02 Å². The van der Waals surface area contributed by atoms with Crippen LogP contribution in [-0.2, 0) is 14.4 Å². The van der Waals surface area contributed by atoms with Gasteiger partial charge >= 0.3 is 0 Å². The van der Waals surface area contributed by atoms with Gasteiger partial charge in [0.15, 0.2) is 0 Å². The minimum absolute atomic E-state index is 0.0724. The maximum absolute atomic E-state index is 13.0. The van der Waals surface area contributed by atoms with Crippen molar-refractivity contribution < 1.29 is 19.1 Å². The zero-order chi connectivity index (χ0) is 21.8. The molecular formula is C22H20ClN3O4. The van der Waals surface area contributed by atoms with Crippen LogP contribution in [-0.4, -0.2) is 36.3 Å². The molecule has 0 spiro atoms. The number of methoxy groups -OCH3 is 1. The summed E-state index contributed by atoms with van der Waals surface area (Å²) in [7, 11) is 1.50. The summed E-state index contributed by atoms with van der Waals surface area (Å²) in [6.45, 7) is 5.09. The average Bonchev–Trinajstić information content (AvgIpc) is 2.93. The van der Waals surface area contributed by atoms with Crippen molar-refractivity contribution in [2.24, 2.45) is 0 Å². The average molecular weight is 426 g/mol. The number of ether oxygens (including phenoxy) is 1.